The smallest absolute Gasteiger partial charge is 0.231 e. The number of ether oxygens (including phenoxy) is 2. The molecule has 28 heavy (non-hydrogen) atoms. The summed E-state index contributed by atoms with van der Waals surface area (Å²) in [6.07, 6.45) is 2.11. The fraction of sp³-hybridized carbons (Fsp3) is 0.130. The van der Waals surface area contributed by atoms with Crippen LogP contribution in [0.15, 0.2) is 84.7 Å². The van der Waals surface area contributed by atoms with Crippen molar-refractivity contribution in [2.24, 2.45) is 5.73 Å². The topological polar surface area (TPSA) is 68.5 Å². The maximum absolute atomic E-state index is 6.11. The summed E-state index contributed by atoms with van der Waals surface area (Å²) in [5.41, 5.74) is 10.2. The number of nitrogens with one attached hydrogen (secondary N) is 2. The number of anilines is 2. The maximum atomic E-state index is 6.11. The van der Waals surface area contributed by atoms with Crippen LogP contribution in [0, 0.1) is 0 Å². The number of hydrogen-bond acceptors (Lipinski definition) is 5. The molecule has 0 fully saturated rings. The molecule has 2 aliphatic heterocycles. The van der Waals surface area contributed by atoms with Gasteiger partial charge in [0.2, 0.25) is 6.79 Å². The first-order valence-electron chi connectivity index (χ1n) is 9.28. The van der Waals surface area contributed by atoms with Gasteiger partial charge in [-0.05, 0) is 41.5 Å². The lowest BCUT2D eigenvalue weighted by molar-refractivity contribution is 0.174. The highest BCUT2D eigenvalue weighted by Crippen LogP contribution is 2.39. The number of rotatable bonds is 4. The molecule has 140 valence electrons. The van der Waals surface area contributed by atoms with E-state index in [0.29, 0.717) is 5.82 Å². The maximum Gasteiger partial charge on any atom is 0.231 e. The van der Waals surface area contributed by atoms with Crippen molar-refractivity contribution in [2.45, 2.75) is 5.41 Å². The second-order valence-electron chi connectivity index (χ2n) is 7.06. The Balaban J connectivity index is 1.51. The molecule has 5 rings (SSSR count). The number of benzene rings is 3. The van der Waals surface area contributed by atoms with Gasteiger partial charge >= 0.3 is 0 Å². The molecule has 0 saturated carbocycles. The Labute approximate surface area is 163 Å². The van der Waals surface area contributed by atoms with E-state index in [1.165, 1.54) is 11.1 Å². The van der Waals surface area contributed by atoms with E-state index >= 15 is 0 Å². The van der Waals surface area contributed by atoms with Gasteiger partial charge in [0, 0.05) is 24.0 Å². The molecular formula is C23H21N3O2. The van der Waals surface area contributed by atoms with Crippen molar-refractivity contribution in [3.05, 3.63) is 95.8 Å². The van der Waals surface area contributed by atoms with Crippen LogP contribution in [-0.2, 0) is 5.41 Å². The lowest BCUT2D eigenvalue weighted by atomic mass is 9.75. The SMILES string of the molecule is NC1=CC(c2ccccc2)(c2cccc(Nc3ccc4c(c3)OCO4)c2)CN1. The van der Waals surface area contributed by atoms with Gasteiger partial charge < -0.3 is 25.8 Å². The lowest BCUT2D eigenvalue weighted by Crippen LogP contribution is -2.31. The molecule has 1 atom stereocenters. The summed E-state index contributed by atoms with van der Waals surface area (Å²) in [5.74, 6) is 2.25. The highest BCUT2D eigenvalue weighted by atomic mass is 16.7. The molecule has 2 aliphatic rings. The van der Waals surface area contributed by atoms with Gasteiger partial charge in [0.05, 0.1) is 11.2 Å². The molecule has 3 aromatic rings. The number of hydrogen-bond donors (Lipinski definition) is 3. The van der Waals surface area contributed by atoms with Crippen LogP contribution in [-0.4, -0.2) is 13.3 Å². The van der Waals surface area contributed by atoms with Crippen molar-refractivity contribution in [3.8, 4) is 11.5 Å². The first-order valence-corrected chi connectivity index (χ1v) is 9.28. The monoisotopic (exact) mass is 371 g/mol. The van der Waals surface area contributed by atoms with Crippen molar-refractivity contribution in [2.75, 3.05) is 18.7 Å². The molecule has 0 spiro atoms. The highest BCUT2D eigenvalue weighted by Gasteiger charge is 2.36. The average molecular weight is 371 g/mol. The molecule has 4 N–H and O–H groups in total. The Kier molecular flexibility index (Phi) is 3.86. The molecule has 5 nitrogen and oxygen atoms in total. The summed E-state index contributed by atoms with van der Waals surface area (Å²) in [4.78, 5) is 0. The van der Waals surface area contributed by atoms with Crippen LogP contribution in [0.25, 0.3) is 0 Å². The van der Waals surface area contributed by atoms with Gasteiger partial charge in [-0.3, -0.25) is 0 Å². The second kappa shape index (κ2) is 6.53. The van der Waals surface area contributed by atoms with Gasteiger partial charge in [-0.25, -0.2) is 0 Å². The molecule has 0 amide bonds. The number of nitrogens with two attached hydrogens (primary N) is 1. The third-order valence-electron chi connectivity index (χ3n) is 5.30. The van der Waals surface area contributed by atoms with Gasteiger partial charge in [0.15, 0.2) is 11.5 Å². The quantitative estimate of drug-likeness (QED) is 0.650. The Morgan fingerprint density at radius 3 is 2.43 bits per heavy atom. The second-order valence-corrected chi connectivity index (χ2v) is 7.06. The minimum atomic E-state index is -0.294. The van der Waals surface area contributed by atoms with Crippen LogP contribution >= 0.6 is 0 Å². The van der Waals surface area contributed by atoms with Crippen LogP contribution in [0.3, 0.4) is 0 Å². The van der Waals surface area contributed by atoms with E-state index in [1.807, 2.05) is 24.3 Å². The molecule has 0 radical (unpaired) electrons. The first kappa shape index (κ1) is 16.6. The van der Waals surface area contributed by atoms with E-state index in [9.17, 15) is 0 Å². The molecule has 3 aromatic carbocycles. The Morgan fingerprint density at radius 2 is 1.61 bits per heavy atom. The van der Waals surface area contributed by atoms with Crippen LogP contribution in [0.5, 0.6) is 11.5 Å². The summed E-state index contributed by atoms with van der Waals surface area (Å²) in [6.45, 7) is 1.00. The predicted octanol–water partition coefficient (Wildman–Crippen LogP) is 3.85. The molecule has 0 aromatic heterocycles. The zero-order chi connectivity index (χ0) is 19.0. The van der Waals surface area contributed by atoms with Gasteiger partial charge in [-0.15, -0.1) is 0 Å². The molecule has 1 unspecified atom stereocenters. The van der Waals surface area contributed by atoms with Gasteiger partial charge in [0.1, 0.15) is 0 Å². The predicted molar refractivity (Wildman–Crippen MR) is 110 cm³/mol. The fourth-order valence-electron chi connectivity index (χ4n) is 3.90. The summed E-state index contributed by atoms with van der Waals surface area (Å²) < 4.78 is 10.9. The van der Waals surface area contributed by atoms with Gasteiger partial charge in [0.25, 0.3) is 0 Å². The van der Waals surface area contributed by atoms with E-state index in [4.69, 9.17) is 15.2 Å². The van der Waals surface area contributed by atoms with Crippen LogP contribution in [0.1, 0.15) is 11.1 Å². The van der Waals surface area contributed by atoms with E-state index in [0.717, 1.165) is 29.4 Å². The zero-order valence-electron chi connectivity index (χ0n) is 15.3. The molecule has 0 aliphatic carbocycles. The molecule has 5 heteroatoms. The van der Waals surface area contributed by atoms with E-state index in [2.05, 4.69) is 65.2 Å². The van der Waals surface area contributed by atoms with Crippen molar-refractivity contribution in [1.82, 2.24) is 5.32 Å². The van der Waals surface area contributed by atoms with E-state index < -0.39 is 0 Å². The normalized spacial score (nSPS) is 19.8. The molecule has 0 bridgehead atoms. The first-order chi connectivity index (χ1) is 13.7. The third kappa shape index (κ3) is 2.81. The average Bonchev–Trinajstić information content (AvgIpc) is 3.36. The minimum Gasteiger partial charge on any atom is -0.454 e. The third-order valence-corrected chi connectivity index (χ3v) is 5.30. The standard InChI is InChI=1S/C23H21N3O2/c24-22-13-23(14-25-22,16-5-2-1-3-6-16)17-7-4-8-18(11-17)26-19-9-10-20-21(12-19)28-15-27-20/h1-13,25-26H,14-15,24H2. The van der Waals surface area contributed by atoms with Crippen molar-refractivity contribution in [1.29, 1.82) is 0 Å². The molecular weight excluding hydrogens is 350 g/mol. The van der Waals surface area contributed by atoms with E-state index in [-0.39, 0.29) is 12.2 Å². The minimum absolute atomic E-state index is 0.272. The van der Waals surface area contributed by atoms with Gasteiger partial charge in [-0.2, -0.15) is 0 Å². The van der Waals surface area contributed by atoms with Crippen LogP contribution in [0.4, 0.5) is 11.4 Å². The highest BCUT2D eigenvalue weighted by molar-refractivity contribution is 5.65. The fourth-order valence-corrected chi connectivity index (χ4v) is 3.90. The Hall–Kier alpha value is -3.60. The summed E-state index contributed by atoms with van der Waals surface area (Å²) >= 11 is 0. The molecule has 0 saturated heterocycles. The molecule has 2 heterocycles. The Bertz CT molecular complexity index is 1050. The van der Waals surface area contributed by atoms with Crippen molar-refractivity contribution < 1.29 is 9.47 Å². The summed E-state index contributed by atoms with van der Waals surface area (Å²) in [6, 6.07) is 24.8. The van der Waals surface area contributed by atoms with Crippen molar-refractivity contribution in [3.63, 3.8) is 0 Å². The van der Waals surface area contributed by atoms with Crippen LogP contribution in [0.2, 0.25) is 0 Å². The summed E-state index contributed by atoms with van der Waals surface area (Å²) in [7, 11) is 0. The van der Waals surface area contributed by atoms with Gasteiger partial charge in [-0.1, -0.05) is 42.5 Å². The zero-order valence-corrected chi connectivity index (χ0v) is 15.3. The number of fused-ring (bicyclic) bond motifs is 1. The summed E-state index contributed by atoms with van der Waals surface area (Å²) in [5, 5.41) is 6.76. The van der Waals surface area contributed by atoms with Crippen LogP contribution < -0.4 is 25.8 Å². The Morgan fingerprint density at radius 1 is 0.821 bits per heavy atom. The van der Waals surface area contributed by atoms with Crippen molar-refractivity contribution >= 4 is 11.4 Å². The lowest BCUT2D eigenvalue weighted by Gasteiger charge is -2.28. The largest absolute Gasteiger partial charge is 0.454 e. The van der Waals surface area contributed by atoms with E-state index in [1.54, 1.807) is 0 Å².